The molecule has 0 saturated carbocycles. The van der Waals surface area contributed by atoms with E-state index in [9.17, 15) is 35.4 Å². The van der Waals surface area contributed by atoms with Crippen LogP contribution in [0.5, 0.6) is 0 Å². The van der Waals surface area contributed by atoms with E-state index in [1.165, 1.54) is 257 Å². The highest BCUT2D eigenvalue weighted by atomic mass is 16.7. The molecule has 7 N–H and O–H groups in total. The summed E-state index contributed by atoms with van der Waals surface area (Å²) < 4.78 is 11.3. The van der Waals surface area contributed by atoms with Crippen LogP contribution in [-0.4, -0.2) is 98.7 Å². The number of hydrogen-bond donors (Lipinski definition) is 7. The molecule has 0 radical (unpaired) electrons. The van der Waals surface area contributed by atoms with Crippen LogP contribution in [0.4, 0.5) is 0 Å². The van der Waals surface area contributed by atoms with E-state index in [1.807, 2.05) is 0 Å². The first kappa shape index (κ1) is 68.2. The molecular formula is C61H121NO9. The number of unbranched alkanes of at least 4 members (excludes halogenated alkanes) is 44. The number of ether oxygens (including phenoxy) is 2. The fourth-order valence-electron chi connectivity index (χ4n) is 10.5. The number of rotatable bonds is 55. The van der Waals surface area contributed by atoms with E-state index in [0.29, 0.717) is 12.8 Å². The lowest BCUT2D eigenvalue weighted by molar-refractivity contribution is -0.302. The van der Waals surface area contributed by atoms with Gasteiger partial charge >= 0.3 is 0 Å². The van der Waals surface area contributed by atoms with Crippen molar-refractivity contribution in [1.29, 1.82) is 0 Å². The van der Waals surface area contributed by atoms with E-state index in [0.717, 1.165) is 38.5 Å². The number of amides is 1. The molecule has 424 valence electrons. The Morgan fingerprint density at radius 3 is 1.00 bits per heavy atom. The minimum atomic E-state index is -1.59. The molecule has 71 heavy (non-hydrogen) atoms. The van der Waals surface area contributed by atoms with E-state index in [4.69, 9.17) is 9.47 Å². The highest BCUT2D eigenvalue weighted by Crippen LogP contribution is 2.24. The number of nitrogens with one attached hydrogen (secondary N) is 1. The molecule has 1 rings (SSSR count). The molecule has 0 bridgehead atoms. The van der Waals surface area contributed by atoms with Crippen LogP contribution in [0.1, 0.15) is 322 Å². The Balaban J connectivity index is 2.14. The van der Waals surface area contributed by atoms with Crippen molar-refractivity contribution >= 4 is 5.91 Å². The fourth-order valence-corrected chi connectivity index (χ4v) is 10.5. The Morgan fingerprint density at radius 1 is 0.423 bits per heavy atom. The molecule has 1 heterocycles. The van der Waals surface area contributed by atoms with Crippen LogP contribution in [0.2, 0.25) is 0 Å². The summed E-state index contributed by atoms with van der Waals surface area (Å²) in [5.74, 6) is -0.575. The van der Waals surface area contributed by atoms with Gasteiger partial charge in [-0.15, -0.1) is 0 Å². The number of hydrogen-bond acceptors (Lipinski definition) is 9. The zero-order chi connectivity index (χ0) is 51.7. The lowest BCUT2D eigenvalue weighted by Gasteiger charge is -2.40. The van der Waals surface area contributed by atoms with Crippen molar-refractivity contribution in [2.45, 2.75) is 371 Å². The van der Waals surface area contributed by atoms with Crippen LogP contribution in [0.25, 0.3) is 0 Å². The van der Waals surface area contributed by atoms with Gasteiger partial charge in [0.05, 0.1) is 25.4 Å². The zero-order valence-electron chi connectivity index (χ0n) is 46.9. The summed E-state index contributed by atoms with van der Waals surface area (Å²) in [6, 6.07) is -0.890. The Kier molecular flexibility index (Phi) is 49.2. The smallest absolute Gasteiger partial charge is 0.249 e. The first-order valence-corrected chi connectivity index (χ1v) is 31.3. The maximum atomic E-state index is 13.2. The van der Waals surface area contributed by atoms with Gasteiger partial charge in [0, 0.05) is 0 Å². The number of carbonyl (C=O) groups is 1. The summed E-state index contributed by atoms with van der Waals surface area (Å²) in [7, 11) is 0. The van der Waals surface area contributed by atoms with Crippen LogP contribution in [0.3, 0.4) is 0 Å². The Bertz CT molecular complexity index is 1100. The highest BCUT2D eigenvalue weighted by molar-refractivity contribution is 5.80. The third-order valence-electron chi connectivity index (χ3n) is 15.6. The van der Waals surface area contributed by atoms with Gasteiger partial charge in [-0.3, -0.25) is 4.79 Å². The van der Waals surface area contributed by atoms with Crippen LogP contribution in [0.15, 0.2) is 0 Å². The molecule has 1 amide bonds. The molecule has 10 heteroatoms. The van der Waals surface area contributed by atoms with E-state index in [-0.39, 0.29) is 6.61 Å². The van der Waals surface area contributed by atoms with Crippen molar-refractivity contribution < 1.29 is 44.9 Å². The van der Waals surface area contributed by atoms with Gasteiger partial charge < -0.3 is 45.4 Å². The van der Waals surface area contributed by atoms with Crippen LogP contribution >= 0.6 is 0 Å². The topological polar surface area (TPSA) is 169 Å². The predicted octanol–water partition coefficient (Wildman–Crippen LogP) is 14.8. The van der Waals surface area contributed by atoms with Gasteiger partial charge in [0.2, 0.25) is 5.91 Å². The Hall–Kier alpha value is -0.850. The first-order valence-electron chi connectivity index (χ1n) is 31.3. The molecule has 1 aliphatic rings. The van der Waals surface area contributed by atoms with Gasteiger partial charge in [-0.25, -0.2) is 0 Å². The molecule has 8 atom stereocenters. The molecule has 0 aromatic rings. The number of carbonyl (C=O) groups excluding carboxylic acids is 1. The monoisotopic (exact) mass is 1010 g/mol. The minimum Gasteiger partial charge on any atom is -0.394 e. The van der Waals surface area contributed by atoms with Crippen molar-refractivity contribution in [3.8, 4) is 0 Å². The third kappa shape index (κ3) is 40.1. The van der Waals surface area contributed by atoms with E-state index >= 15 is 0 Å². The van der Waals surface area contributed by atoms with Crippen LogP contribution < -0.4 is 5.32 Å². The van der Waals surface area contributed by atoms with Crippen LogP contribution in [0, 0.1) is 0 Å². The fraction of sp³-hybridized carbons (Fsp3) is 0.984. The number of aliphatic hydroxyl groups excluding tert-OH is 6. The molecule has 10 nitrogen and oxygen atoms in total. The quantitative estimate of drug-likeness (QED) is 0.0293. The Labute approximate surface area is 438 Å². The summed E-state index contributed by atoms with van der Waals surface area (Å²) >= 11 is 0. The molecule has 8 unspecified atom stereocenters. The van der Waals surface area contributed by atoms with Gasteiger partial charge in [0.25, 0.3) is 0 Å². The molecule has 1 saturated heterocycles. The summed E-state index contributed by atoms with van der Waals surface area (Å²) in [5, 5.41) is 65.3. The molecule has 1 fully saturated rings. The predicted molar refractivity (Wildman–Crippen MR) is 297 cm³/mol. The van der Waals surface area contributed by atoms with Gasteiger partial charge in [0.1, 0.15) is 30.5 Å². The standard InChI is InChI=1S/C61H121NO9/c1-3-5-7-9-11-13-15-17-19-21-22-23-24-25-26-27-28-29-30-31-32-33-34-36-38-40-42-44-46-48-50-55(65)60(69)62-53(52-70-61-59(68)58(67)57(66)56(51-63)71-61)54(64)49-47-45-43-41-39-37-35-20-18-16-14-12-10-8-6-4-2/h53-59,61,63-68H,3-52H2,1-2H3,(H,62,69). The van der Waals surface area contributed by atoms with E-state index in [1.54, 1.807) is 0 Å². The zero-order valence-corrected chi connectivity index (χ0v) is 46.9. The van der Waals surface area contributed by atoms with Gasteiger partial charge in [-0.2, -0.15) is 0 Å². The lowest BCUT2D eigenvalue weighted by atomic mass is 9.99. The summed E-state index contributed by atoms with van der Waals surface area (Å²) in [4.78, 5) is 13.2. The van der Waals surface area contributed by atoms with Crippen molar-refractivity contribution in [3.63, 3.8) is 0 Å². The second-order valence-electron chi connectivity index (χ2n) is 22.4. The van der Waals surface area contributed by atoms with Gasteiger partial charge in [-0.05, 0) is 12.8 Å². The third-order valence-corrected chi connectivity index (χ3v) is 15.6. The molecule has 0 spiro atoms. The molecule has 0 aromatic heterocycles. The summed E-state index contributed by atoms with van der Waals surface area (Å²) in [5.41, 5.74) is 0. The SMILES string of the molecule is CCCCCCCCCCCCCCCCCCCCCCCCCCCCCCCCC(O)C(=O)NC(COC1OC(CO)C(O)C(O)C1O)C(O)CCCCCCCCCCCCCCCCCC. The van der Waals surface area contributed by atoms with E-state index < -0.39 is 61.5 Å². The molecular weight excluding hydrogens is 891 g/mol. The largest absolute Gasteiger partial charge is 0.394 e. The van der Waals surface area contributed by atoms with Crippen molar-refractivity contribution in [2.24, 2.45) is 0 Å². The summed E-state index contributed by atoms with van der Waals surface area (Å²) in [6.45, 7) is 3.72. The van der Waals surface area contributed by atoms with Crippen molar-refractivity contribution in [3.05, 3.63) is 0 Å². The lowest BCUT2D eigenvalue weighted by Crippen LogP contribution is -2.60. The summed E-state index contributed by atoms with van der Waals surface area (Å²) in [6.07, 6.45) is 51.9. The average Bonchev–Trinajstić information content (AvgIpc) is 3.37. The van der Waals surface area contributed by atoms with E-state index in [2.05, 4.69) is 19.2 Å². The molecule has 1 aliphatic heterocycles. The number of aliphatic hydroxyl groups is 6. The maximum Gasteiger partial charge on any atom is 0.249 e. The molecule has 0 aromatic carbocycles. The van der Waals surface area contributed by atoms with Crippen molar-refractivity contribution in [2.75, 3.05) is 13.2 Å². The Morgan fingerprint density at radius 2 is 0.704 bits per heavy atom. The minimum absolute atomic E-state index is 0.249. The second-order valence-corrected chi connectivity index (χ2v) is 22.4. The average molecular weight is 1010 g/mol. The normalized spacial score (nSPS) is 19.6. The molecule has 0 aliphatic carbocycles. The van der Waals surface area contributed by atoms with Crippen LogP contribution in [-0.2, 0) is 14.3 Å². The van der Waals surface area contributed by atoms with Crippen molar-refractivity contribution in [1.82, 2.24) is 5.32 Å². The van der Waals surface area contributed by atoms with Gasteiger partial charge in [-0.1, -0.05) is 309 Å². The first-order chi connectivity index (χ1) is 34.8. The second kappa shape index (κ2) is 51.3. The highest BCUT2D eigenvalue weighted by Gasteiger charge is 2.44. The maximum absolute atomic E-state index is 13.2. The van der Waals surface area contributed by atoms with Gasteiger partial charge in [0.15, 0.2) is 6.29 Å².